The van der Waals surface area contributed by atoms with Gasteiger partial charge < -0.3 is 15.3 Å². The summed E-state index contributed by atoms with van der Waals surface area (Å²) in [6.45, 7) is 2.61. The molecule has 3 nitrogen and oxygen atoms in total. The van der Waals surface area contributed by atoms with Crippen LogP contribution in [0.2, 0.25) is 0 Å². The van der Waals surface area contributed by atoms with Crippen LogP contribution in [0.25, 0.3) is 0 Å². The molecule has 0 aliphatic heterocycles. The zero-order valence-corrected chi connectivity index (χ0v) is 13.7. The van der Waals surface area contributed by atoms with E-state index in [1.807, 2.05) is 31.2 Å². The number of aliphatic hydroxyl groups excluding tert-OH is 1. The molecule has 0 saturated heterocycles. The maximum Gasteiger partial charge on any atom is 0.119 e. The molecule has 1 atom stereocenters. The predicted molar refractivity (Wildman–Crippen MR) is 90.7 cm³/mol. The normalized spacial score (nSPS) is 17.2. The van der Waals surface area contributed by atoms with Gasteiger partial charge in [-0.2, -0.15) is 0 Å². The lowest BCUT2D eigenvalue weighted by molar-refractivity contribution is 0.164. The van der Waals surface area contributed by atoms with Gasteiger partial charge in [-0.05, 0) is 62.6 Å². The van der Waals surface area contributed by atoms with Gasteiger partial charge in [-0.1, -0.05) is 31.4 Å². The van der Waals surface area contributed by atoms with E-state index in [0.717, 1.165) is 30.8 Å². The Balaban J connectivity index is 1.81. The fourth-order valence-electron chi connectivity index (χ4n) is 3.11. The Morgan fingerprint density at radius 3 is 2.82 bits per heavy atom. The highest BCUT2D eigenvalue weighted by molar-refractivity contribution is 5.78. The summed E-state index contributed by atoms with van der Waals surface area (Å²) in [5, 5.41) is 17.7. The molecule has 0 spiro atoms. The second-order valence-corrected chi connectivity index (χ2v) is 6.58. The number of hydrogen-bond acceptors (Lipinski definition) is 3. The van der Waals surface area contributed by atoms with Gasteiger partial charge in [0.15, 0.2) is 0 Å². The summed E-state index contributed by atoms with van der Waals surface area (Å²) < 4.78 is 5.93. The van der Waals surface area contributed by atoms with Gasteiger partial charge in [0.05, 0.1) is 12.7 Å². The smallest absolute Gasteiger partial charge is 0.119 e. The molecule has 0 radical (unpaired) electrons. The third-order valence-electron chi connectivity index (χ3n) is 4.48. The molecule has 0 aromatic heterocycles. The minimum Gasteiger partial charge on any atom is -0.493 e. The lowest BCUT2D eigenvalue weighted by atomic mass is 9.90. The van der Waals surface area contributed by atoms with Crippen molar-refractivity contribution in [2.24, 2.45) is 5.92 Å². The number of aliphatic hydroxyl groups is 1. The van der Waals surface area contributed by atoms with Crippen molar-refractivity contribution < 1.29 is 9.84 Å². The van der Waals surface area contributed by atoms with E-state index in [-0.39, 0.29) is 0 Å². The molecule has 1 aromatic carbocycles. The molecular weight excluding hydrogens is 274 g/mol. The summed E-state index contributed by atoms with van der Waals surface area (Å²) in [5.41, 5.74) is 1.60. The summed E-state index contributed by atoms with van der Waals surface area (Å²) in [4.78, 5) is 0. The minimum atomic E-state index is -0.461. The van der Waals surface area contributed by atoms with Gasteiger partial charge in [0, 0.05) is 5.71 Å². The lowest BCUT2D eigenvalue weighted by Gasteiger charge is -2.22. The predicted octanol–water partition coefficient (Wildman–Crippen LogP) is 4.89. The molecule has 1 aliphatic carbocycles. The lowest BCUT2D eigenvalue weighted by Crippen LogP contribution is -2.15. The van der Waals surface area contributed by atoms with Crippen LogP contribution in [0.3, 0.4) is 0 Å². The van der Waals surface area contributed by atoms with Gasteiger partial charge in [-0.3, -0.25) is 0 Å². The first kappa shape index (κ1) is 17.0. The van der Waals surface area contributed by atoms with Crippen LogP contribution in [0.5, 0.6) is 5.75 Å². The van der Waals surface area contributed by atoms with E-state index in [9.17, 15) is 5.11 Å². The molecule has 1 saturated carbocycles. The van der Waals surface area contributed by atoms with Crippen LogP contribution in [0.15, 0.2) is 24.3 Å². The largest absolute Gasteiger partial charge is 0.493 e. The summed E-state index contributed by atoms with van der Waals surface area (Å²) in [6, 6.07) is 7.84. The average Bonchev–Trinajstić information content (AvgIpc) is 2.54. The van der Waals surface area contributed by atoms with E-state index in [1.165, 1.54) is 32.1 Å². The highest BCUT2D eigenvalue weighted by Crippen LogP contribution is 2.26. The SMILES string of the molecule is CC(=N)CCC[C@@H](O)c1cccc(OCC2CCCCC2)c1. The fraction of sp³-hybridized carbons (Fsp3) is 0.632. The van der Waals surface area contributed by atoms with Crippen molar-refractivity contribution in [3.8, 4) is 5.75 Å². The van der Waals surface area contributed by atoms with E-state index >= 15 is 0 Å². The molecule has 2 rings (SSSR count). The molecule has 1 aromatic rings. The van der Waals surface area contributed by atoms with Crippen molar-refractivity contribution >= 4 is 5.71 Å². The number of hydrogen-bond donors (Lipinski definition) is 2. The van der Waals surface area contributed by atoms with Crippen LogP contribution < -0.4 is 4.74 Å². The Morgan fingerprint density at radius 2 is 2.09 bits per heavy atom. The van der Waals surface area contributed by atoms with Gasteiger partial charge >= 0.3 is 0 Å². The van der Waals surface area contributed by atoms with Crippen molar-refractivity contribution in [3.05, 3.63) is 29.8 Å². The topological polar surface area (TPSA) is 53.3 Å². The second-order valence-electron chi connectivity index (χ2n) is 6.58. The van der Waals surface area contributed by atoms with Gasteiger partial charge in [0.1, 0.15) is 5.75 Å². The van der Waals surface area contributed by atoms with E-state index < -0.39 is 6.10 Å². The fourth-order valence-corrected chi connectivity index (χ4v) is 3.11. The van der Waals surface area contributed by atoms with Crippen LogP contribution in [0.4, 0.5) is 0 Å². The van der Waals surface area contributed by atoms with Crippen LogP contribution in [-0.2, 0) is 0 Å². The monoisotopic (exact) mass is 303 g/mol. The minimum absolute atomic E-state index is 0.461. The van der Waals surface area contributed by atoms with E-state index in [1.54, 1.807) is 0 Å². The first-order valence-corrected chi connectivity index (χ1v) is 8.60. The maximum atomic E-state index is 10.2. The Hall–Kier alpha value is -1.35. The molecule has 0 bridgehead atoms. The molecule has 1 aliphatic rings. The van der Waals surface area contributed by atoms with Crippen LogP contribution in [0, 0.1) is 11.3 Å². The van der Waals surface area contributed by atoms with Crippen LogP contribution in [-0.4, -0.2) is 17.4 Å². The molecular formula is C19H29NO2. The van der Waals surface area contributed by atoms with Gasteiger partial charge in [-0.25, -0.2) is 0 Å². The highest BCUT2D eigenvalue weighted by atomic mass is 16.5. The summed E-state index contributed by atoms with van der Waals surface area (Å²) >= 11 is 0. The third kappa shape index (κ3) is 5.80. The molecule has 3 heteroatoms. The van der Waals surface area contributed by atoms with E-state index in [0.29, 0.717) is 18.1 Å². The van der Waals surface area contributed by atoms with Crippen molar-refractivity contribution in [1.29, 1.82) is 5.41 Å². The first-order chi connectivity index (χ1) is 10.6. The summed E-state index contributed by atoms with van der Waals surface area (Å²) in [6.07, 6.45) is 8.45. The van der Waals surface area contributed by atoms with Gasteiger partial charge in [0.25, 0.3) is 0 Å². The number of rotatable bonds is 8. The molecule has 22 heavy (non-hydrogen) atoms. The first-order valence-electron chi connectivity index (χ1n) is 8.60. The number of nitrogens with one attached hydrogen (secondary N) is 1. The molecule has 1 fully saturated rings. The summed E-state index contributed by atoms with van der Waals surface area (Å²) in [7, 11) is 0. The number of benzene rings is 1. The van der Waals surface area contributed by atoms with Crippen LogP contribution in [0.1, 0.15) is 70.0 Å². The standard InChI is InChI=1S/C19H29NO2/c1-15(20)7-5-12-19(21)17-10-6-11-18(13-17)22-14-16-8-3-2-4-9-16/h6,10-11,13,16,19-21H,2-5,7-9,12,14H2,1H3/t19-/m1/s1. The van der Waals surface area contributed by atoms with E-state index in [2.05, 4.69) is 0 Å². The van der Waals surface area contributed by atoms with Crippen molar-refractivity contribution in [3.63, 3.8) is 0 Å². The Morgan fingerprint density at radius 1 is 1.32 bits per heavy atom. The van der Waals surface area contributed by atoms with E-state index in [4.69, 9.17) is 10.1 Å². The van der Waals surface area contributed by atoms with Crippen molar-refractivity contribution in [1.82, 2.24) is 0 Å². The van der Waals surface area contributed by atoms with Crippen molar-refractivity contribution in [2.45, 2.75) is 64.4 Å². The maximum absolute atomic E-state index is 10.2. The molecule has 0 amide bonds. The quantitative estimate of drug-likeness (QED) is 0.672. The molecule has 0 heterocycles. The van der Waals surface area contributed by atoms with Gasteiger partial charge in [0.2, 0.25) is 0 Å². The Bertz CT molecular complexity index is 466. The second kappa shape index (κ2) is 8.94. The van der Waals surface area contributed by atoms with Crippen molar-refractivity contribution in [2.75, 3.05) is 6.61 Å². The average molecular weight is 303 g/mol. The third-order valence-corrected chi connectivity index (χ3v) is 4.48. The molecule has 2 N–H and O–H groups in total. The molecule has 0 unspecified atom stereocenters. The van der Waals surface area contributed by atoms with Gasteiger partial charge in [-0.15, -0.1) is 0 Å². The van der Waals surface area contributed by atoms with Crippen LogP contribution >= 0.6 is 0 Å². The number of ether oxygens (including phenoxy) is 1. The zero-order chi connectivity index (χ0) is 15.8. The molecule has 122 valence electrons. The zero-order valence-electron chi connectivity index (χ0n) is 13.7. The highest BCUT2D eigenvalue weighted by Gasteiger charge is 2.14. The summed E-state index contributed by atoms with van der Waals surface area (Å²) in [5.74, 6) is 1.56. The Kier molecular flexibility index (Phi) is 6.91. The Labute approximate surface area is 134 Å².